The summed E-state index contributed by atoms with van der Waals surface area (Å²) in [5.74, 6) is -1.31. The van der Waals surface area contributed by atoms with Crippen LogP contribution in [0.15, 0.2) is 36.4 Å². The van der Waals surface area contributed by atoms with Crippen LogP contribution in [0.1, 0.15) is 25.0 Å². The lowest BCUT2D eigenvalue weighted by atomic mass is 10.1. The Morgan fingerprint density at radius 1 is 1.11 bits per heavy atom. The average molecular weight is 446 g/mol. The zero-order chi connectivity index (χ0) is 20.8. The summed E-state index contributed by atoms with van der Waals surface area (Å²) in [5, 5.41) is 3.58. The van der Waals surface area contributed by atoms with E-state index in [9.17, 15) is 14.0 Å². The van der Waals surface area contributed by atoms with Crippen molar-refractivity contribution >= 4 is 46.6 Å². The fourth-order valence-electron chi connectivity index (χ4n) is 2.69. The van der Waals surface area contributed by atoms with E-state index in [0.717, 1.165) is 0 Å². The highest BCUT2D eigenvalue weighted by atomic mass is 35.5. The summed E-state index contributed by atoms with van der Waals surface area (Å²) in [4.78, 5) is 26.7. The predicted molar refractivity (Wildman–Crippen MR) is 110 cm³/mol. The van der Waals surface area contributed by atoms with Gasteiger partial charge in [0.2, 0.25) is 11.8 Å². The molecule has 0 fully saturated rings. The van der Waals surface area contributed by atoms with Crippen molar-refractivity contribution in [2.75, 3.05) is 6.54 Å². The number of amides is 2. The fraction of sp³-hybridized carbons (Fsp3) is 0.300. The lowest BCUT2D eigenvalue weighted by molar-refractivity contribution is -0.140. The predicted octanol–water partition coefficient (Wildman–Crippen LogP) is 4.88. The molecule has 150 valence electrons. The SMILES string of the molecule is CCNC(=O)C(C)N(Cc1ccc(Cl)c(Cl)c1)C(=O)Cc1c(F)cccc1Cl. The van der Waals surface area contributed by atoms with Crippen LogP contribution in [-0.4, -0.2) is 29.3 Å². The number of carbonyl (C=O) groups is 2. The van der Waals surface area contributed by atoms with Gasteiger partial charge >= 0.3 is 0 Å². The number of hydrogen-bond acceptors (Lipinski definition) is 2. The molecule has 8 heteroatoms. The number of halogens is 4. The van der Waals surface area contributed by atoms with Crippen molar-refractivity contribution in [3.8, 4) is 0 Å². The molecule has 0 aliphatic rings. The van der Waals surface area contributed by atoms with Gasteiger partial charge in [0.25, 0.3) is 0 Å². The zero-order valence-electron chi connectivity index (χ0n) is 15.4. The molecule has 0 saturated heterocycles. The van der Waals surface area contributed by atoms with Gasteiger partial charge in [0.05, 0.1) is 16.5 Å². The third-order valence-corrected chi connectivity index (χ3v) is 5.34. The van der Waals surface area contributed by atoms with Crippen molar-refractivity contribution in [2.45, 2.75) is 32.9 Å². The van der Waals surface area contributed by atoms with Gasteiger partial charge < -0.3 is 10.2 Å². The van der Waals surface area contributed by atoms with E-state index in [1.165, 1.54) is 23.1 Å². The normalized spacial score (nSPS) is 11.8. The third kappa shape index (κ3) is 5.60. The Kier molecular flexibility index (Phi) is 8.10. The Morgan fingerprint density at radius 2 is 1.82 bits per heavy atom. The highest BCUT2D eigenvalue weighted by Crippen LogP contribution is 2.25. The number of carbonyl (C=O) groups excluding carboxylic acids is 2. The molecule has 1 N–H and O–H groups in total. The molecule has 0 aliphatic carbocycles. The summed E-state index contributed by atoms with van der Waals surface area (Å²) in [6, 6.07) is 8.42. The second kappa shape index (κ2) is 10.1. The second-order valence-corrected chi connectivity index (χ2v) is 7.44. The fourth-order valence-corrected chi connectivity index (χ4v) is 3.24. The summed E-state index contributed by atoms with van der Waals surface area (Å²) in [6.07, 6.45) is -0.267. The number of likely N-dealkylation sites (N-methyl/N-ethyl adjacent to an activating group) is 1. The van der Waals surface area contributed by atoms with Gasteiger partial charge in [-0.25, -0.2) is 4.39 Å². The average Bonchev–Trinajstić information content (AvgIpc) is 2.65. The summed E-state index contributed by atoms with van der Waals surface area (Å²) in [7, 11) is 0. The number of hydrogen-bond donors (Lipinski definition) is 1. The van der Waals surface area contributed by atoms with E-state index in [-0.39, 0.29) is 29.5 Å². The maximum Gasteiger partial charge on any atom is 0.242 e. The van der Waals surface area contributed by atoms with Crippen LogP contribution in [0.25, 0.3) is 0 Å². The smallest absolute Gasteiger partial charge is 0.242 e. The maximum atomic E-state index is 14.1. The Balaban J connectivity index is 2.32. The van der Waals surface area contributed by atoms with Crippen molar-refractivity contribution in [3.05, 3.63) is 68.4 Å². The molecule has 2 rings (SSSR count). The minimum absolute atomic E-state index is 0.0939. The first kappa shape index (κ1) is 22.5. The third-order valence-electron chi connectivity index (χ3n) is 4.24. The van der Waals surface area contributed by atoms with Crippen molar-refractivity contribution in [2.24, 2.45) is 0 Å². The van der Waals surface area contributed by atoms with Crippen LogP contribution in [0.5, 0.6) is 0 Å². The molecule has 2 aromatic carbocycles. The standard InChI is InChI=1S/C20H20Cl3FN2O2/c1-3-25-20(28)12(2)26(11-13-7-8-16(22)17(23)9-13)19(27)10-14-15(21)5-4-6-18(14)24/h4-9,12H,3,10-11H2,1-2H3,(H,25,28). The zero-order valence-corrected chi connectivity index (χ0v) is 17.7. The van der Waals surface area contributed by atoms with E-state index in [0.29, 0.717) is 22.2 Å². The number of nitrogens with zero attached hydrogens (tertiary/aromatic N) is 1. The summed E-state index contributed by atoms with van der Waals surface area (Å²) < 4.78 is 14.1. The molecule has 28 heavy (non-hydrogen) atoms. The quantitative estimate of drug-likeness (QED) is 0.660. The van der Waals surface area contributed by atoms with Gasteiger partial charge in [-0.1, -0.05) is 46.9 Å². The van der Waals surface area contributed by atoms with Crippen molar-refractivity contribution in [1.29, 1.82) is 0 Å². The van der Waals surface area contributed by atoms with Crippen molar-refractivity contribution in [3.63, 3.8) is 0 Å². The van der Waals surface area contributed by atoms with Gasteiger partial charge in [-0.05, 0) is 43.7 Å². The first-order valence-corrected chi connectivity index (χ1v) is 9.82. The molecule has 0 saturated carbocycles. The largest absolute Gasteiger partial charge is 0.355 e. The molecule has 2 amide bonds. The lowest BCUT2D eigenvalue weighted by Gasteiger charge is -2.29. The summed E-state index contributed by atoms with van der Waals surface area (Å²) >= 11 is 18.0. The highest BCUT2D eigenvalue weighted by Gasteiger charge is 2.27. The van der Waals surface area contributed by atoms with Crippen LogP contribution in [0.3, 0.4) is 0 Å². The Labute approximate surface area is 178 Å². The van der Waals surface area contributed by atoms with Crippen LogP contribution >= 0.6 is 34.8 Å². The minimum atomic E-state index is -0.771. The number of benzene rings is 2. The summed E-state index contributed by atoms with van der Waals surface area (Å²) in [5.41, 5.74) is 0.787. The van der Waals surface area contributed by atoms with Gasteiger partial charge in [0, 0.05) is 23.7 Å². The maximum absolute atomic E-state index is 14.1. The lowest BCUT2D eigenvalue weighted by Crippen LogP contribution is -2.48. The topological polar surface area (TPSA) is 49.4 Å². The van der Waals surface area contributed by atoms with Crippen molar-refractivity contribution < 1.29 is 14.0 Å². The number of rotatable bonds is 7. The molecule has 0 aromatic heterocycles. The van der Waals surface area contributed by atoms with Gasteiger partial charge in [0.1, 0.15) is 11.9 Å². The summed E-state index contributed by atoms with van der Waals surface area (Å²) in [6.45, 7) is 3.94. The molecule has 0 spiro atoms. The van der Waals surface area contributed by atoms with E-state index in [1.807, 2.05) is 0 Å². The van der Waals surface area contributed by atoms with Gasteiger partial charge in [-0.3, -0.25) is 9.59 Å². The molecule has 1 unspecified atom stereocenters. The van der Waals surface area contributed by atoms with Gasteiger partial charge in [0.15, 0.2) is 0 Å². The van der Waals surface area contributed by atoms with E-state index in [4.69, 9.17) is 34.8 Å². The van der Waals surface area contributed by atoms with Crippen LogP contribution in [-0.2, 0) is 22.6 Å². The Hall–Kier alpha value is -1.82. The minimum Gasteiger partial charge on any atom is -0.355 e. The molecular weight excluding hydrogens is 426 g/mol. The molecule has 2 aromatic rings. The van der Waals surface area contributed by atoms with E-state index in [1.54, 1.807) is 32.0 Å². The van der Waals surface area contributed by atoms with E-state index < -0.39 is 17.8 Å². The molecule has 0 heterocycles. The molecule has 0 aliphatic heterocycles. The van der Waals surface area contributed by atoms with Gasteiger partial charge in [-0.15, -0.1) is 0 Å². The monoisotopic (exact) mass is 444 g/mol. The molecule has 4 nitrogen and oxygen atoms in total. The first-order valence-electron chi connectivity index (χ1n) is 8.68. The molecule has 0 bridgehead atoms. The number of nitrogens with one attached hydrogen (secondary N) is 1. The van der Waals surface area contributed by atoms with Crippen LogP contribution in [0.4, 0.5) is 4.39 Å². The first-order chi connectivity index (χ1) is 13.2. The molecular formula is C20H20Cl3FN2O2. The van der Waals surface area contributed by atoms with Crippen molar-refractivity contribution in [1.82, 2.24) is 10.2 Å². The van der Waals surface area contributed by atoms with E-state index in [2.05, 4.69) is 5.32 Å². The van der Waals surface area contributed by atoms with Crippen LogP contribution in [0.2, 0.25) is 15.1 Å². The Bertz CT molecular complexity index is 856. The van der Waals surface area contributed by atoms with E-state index >= 15 is 0 Å². The second-order valence-electron chi connectivity index (χ2n) is 6.22. The van der Waals surface area contributed by atoms with Crippen LogP contribution in [0, 0.1) is 5.82 Å². The van der Waals surface area contributed by atoms with Gasteiger partial charge in [-0.2, -0.15) is 0 Å². The Morgan fingerprint density at radius 3 is 2.43 bits per heavy atom. The molecule has 1 atom stereocenters. The highest BCUT2D eigenvalue weighted by molar-refractivity contribution is 6.42. The van der Waals surface area contributed by atoms with Crippen LogP contribution < -0.4 is 5.32 Å². The molecule has 0 radical (unpaired) electrons.